The van der Waals surface area contributed by atoms with Gasteiger partial charge in [0.25, 0.3) is 0 Å². The molecule has 0 aromatic heterocycles. The van der Waals surface area contributed by atoms with Gasteiger partial charge in [-0.15, -0.1) is 0 Å². The van der Waals surface area contributed by atoms with E-state index >= 15 is 0 Å². The third-order valence-electron chi connectivity index (χ3n) is 4.54. The van der Waals surface area contributed by atoms with Crippen LogP contribution in [0.1, 0.15) is 53.4 Å². The van der Waals surface area contributed by atoms with Gasteiger partial charge in [-0.05, 0) is 45.9 Å². The van der Waals surface area contributed by atoms with Gasteiger partial charge in [-0.2, -0.15) is 0 Å². The summed E-state index contributed by atoms with van der Waals surface area (Å²) in [6.45, 7) is 14.0. The molecule has 3 heteroatoms. The van der Waals surface area contributed by atoms with Gasteiger partial charge < -0.3 is 10.2 Å². The van der Waals surface area contributed by atoms with Crippen LogP contribution in [0.15, 0.2) is 0 Å². The van der Waals surface area contributed by atoms with Crippen LogP contribution in [-0.2, 0) is 0 Å². The zero-order valence-corrected chi connectivity index (χ0v) is 13.8. The summed E-state index contributed by atoms with van der Waals surface area (Å²) in [6.07, 6.45) is 5.27. The zero-order chi connectivity index (χ0) is 14.3. The number of nitrogens with one attached hydrogen (secondary N) is 1. The highest BCUT2D eigenvalue weighted by molar-refractivity contribution is 4.83. The van der Waals surface area contributed by atoms with E-state index in [1.54, 1.807) is 0 Å². The van der Waals surface area contributed by atoms with Crippen LogP contribution in [0.4, 0.5) is 0 Å². The third kappa shape index (κ3) is 5.80. The Morgan fingerprint density at radius 2 is 1.84 bits per heavy atom. The highest BCUT2D eigenvalue weighted by Crippen LogP contribution is 2.19. The lowest BCUT2D eigenvalue weighted by Gasteiger charge is -2.40. The van der Waals surface area contributed by atoms with Crippen LogP contribution in [-0.4, -0.2) is 61.2 Å². The summed E-state index contributed by atoms with van der Waals surface area (Å²) in [6, 6.07) is 2.08. The number of nitrogens with zero attached hydrogens (tertiary/aromatic N) is 2. The smallest absolute Gasteiger partial charge is 0.0220 e. The number of rotatable bonds is 8. The standard InChI is InChI=1S/C16H35N3/c1-6-8-16(13-17-14(3)4)18(5)15-9-11-19(7-2)12-10-15/h14-17H,6-13H2,1-5H3. The molecule has 0 bridgehead atoms. The molecule has 3 nitrogen and oxygen atoms in total. The Morgan fingerprint density at radius 1 is 1.21 bits per heavy atom. The monoisotopic (exact) mass is 269 g/mol. The van der Waals surface area contributed by atoms with Gasteiger partial charge in [-0.3, -0.25) is 4.90 Å². The lowest BCUT2D eigenvalue weighted by atomic mass is 10.00. The first-order valence-electron chi connectivity index (χ1n) is 8.26. The normalized spacial score (nSPS) is 20.4. The maximum absolute atomic E-state index is 3.62. The van der Waals surface area contributed by atoms with E-state index in [2.05, 4.69) is 49.9 Å². The van der Waals surface area contributed by atoms with Gasteiger partial charge in [0.1, 0.15) is 0 Å². The van der Waals surface area contributed by atoms with E-state index in [-0.39, 0.29) is 0 Å². The molecule has 114 valence electrons. The molecule has 1 fully saturated rings. The fourth-order valence-electron chi connectivity index (χ4n) is 3.10. The van der Waals surface area contributed by atoms with Crippen molar-refractivity contribution < 1.29 is 0 Å². The third-order valence-corrected chi connectivity index (χ3v) is 4.54. The van der Waals surface area contributed by atoms with Crippen molar-refractivity contribution in [3.63, 3.8) is 0 Å². The quantitative estimate of drug-likeness (QED) is 0.730. The van der Waals surface area contributed by atoms with Gasteiger partial charge in [0.05, 0.1) is 0 Å². The minimum Gasteiger partial charge on any atom is -0.313 e. The van der Waals surface area contributed by atoms with E-state index in [0.717, 1.165) is 12.6 Å². The minimum atomic E-state index is 0.592. The molecule has 1 aliphatic rings. The fraction of sp³-hybridized carbons (Fsp3) is 1.00. The van der Waals surface area contributed by atoms with E-state index in [9.17, 15) is 0 Å². The maximum Gasteiger partial charge on any atom is 0.0220 e. The Hall–Kier alpha value is -0.120. The molecule has 1 unspecified atom stereocenters. The summed E-state index contributed by atoms with van der Waals surface area (Å²) < 4.78 is 0. The van der Waals surface area contributed by atoms with Crippen LogP contribution in [0.2, 0.25) is 0 Å². The first-order chi connectivity index (χ1) is 9.08. The molecular weight excluding hydrogens is 234 g/mol. The Bertz CT molecular complexity index is 222. The van der Waals surface area contributed by atoms with E-state index in [0.29, 0.717) is 12.1 Å². The molecular formula is C16H35N3. The van der Waals surface area contributed by atoms with Gasteiger partial charge in [0, 0.05) is 24.7 Å². The highest BCUT2D eigenvalue weighted by Gasteiger charge is 2.26. The topological polar surface area (TPSA) is 18.5 Å². The molecule has 0 amide bonds. The molecule has 1 heterocycles. The molecule has 0 spiro atoms. The van der Waals surface area contributed by atoms with Crippen LogP contribution in [0.5, 0.6) is 0 Å². The van der Waals surface area contributed by atoms with E-state index in [4.69, 9.17) is 0 Å². The lowest BCUT2D eigenvalue weighted by molar-refractivity contribution is 0.0927. The van der Waals surface area contributed by atoms with Gasteiger partial charge in [0.15, 0.2) is 0 Å². The second kappa shape index (κ2) is 8.93. The summed E-state index contributed by atoms with van der Waals surface area (Å²) >= 11 is 0. The Labute approximate surface area is 120 Å². The predicted octanol–water partition coefficient (Wildman–Crippen LogP) is 2.57. The number of hydrogen-bond donors (Lipinski definition) is 1. The van der Waals surface area contributed by atoms with Crippen molar-refractivity contribution in [2.45, 2.75) is 71.5 Å². The SMILES string of the molecule is CCCC(CNC(C)C)N(C)C1CCN(CC)CC1. The second-order valence-electron chi connectivity index (χ2n) is 6.34. The predicted molar refractivity (Wildman–Crippen MR) is 84.7 cm³/mol. The number of likely N-dealkylation sites (tertiary alicyclic amines) is 1. The number of hydrogen-bond acceptors (Lipinski definition) is 3. The Balaban J connectivity index is 2.44. The Morgan fingerprint density at radius 3 is 2.32 bits per heavy atom. The van der Waals surface area contributed by atoms with E-state index < -0.39 is 0 Å². The fourth-order valence-corrected chi connectivity index (χ4v) is 3.10. The molecule has 1 N–H and O–H groups in total. The Kier molecular flexibility index (Phi) is 7.96. The van der Waals surface area contributed by atoms with Gasteiger partial charge in [0.2, 0.25) is 0 Å². The highest BCUT2D eigenvalue weighted by atomic mass is 15.2. The molecule has 0 saturated carbocycles. The minimum absolute atomic E-state index is 0.592. The van der Waals surface area contributed by atoms with Crippen LogP contribution in [0, 0.1) is 0 Å². The molecule has 0 aromatic rings. The van der Waals surface area contributed by atoms with Crippen molar-refractivity contribution in [3.8, 4) is 0 Å². The van der Waals surface area contributed by atoms with Crippen molar-refractivity contribution in [1.82, 2.24) is 15.1 Å². The van der Waals surface area contributed by atoms with Crippen molar-refractivity contribution in [2.75, 3.05) is 33.2 Å². The van der Waals surface area contributed by atoms with Crippen LogP contribution >= 0.6 is 0 Å². The molecule has 0 aromatic carbocycles. The van der Waals surface area contributed by atoms with Crippen LogP contribution in [0.3, 0.4) is 0 Å². The number of piperidine rings is 1. The van der Waals surface area contributed by atoms with Crippen molar-refractivity contribution in [1.29, 1.82) is 0 Å². The number of likely N-dealkylation sites (N-methyl/N-ethyl adjacent to an activating group) is 1. The molecule has 0 aliphatic carbocycles. The second-order valence-corrected chi connectivity index (χ2v) is 6.34. The molecule has 1 aliphatic heterocycles. The van der Waals surface area contributed by atoms with Crippen molar-refractivity contribution in [3.05, 3.63) is 0 Å². The molecule has 1 saturated heterocycles. The van der Waals surface area contributed by atoms with Gasteiger partial charge >= 0.3 is 0 Å². The van der Waals surface area contributed by atoms with Crippen molar-refractivity contribution >= 4 is 0 Å². The molecule has 1 atom stereocenters. The van der Waals surface area contributed by atoms with Gasteiger partial charge in [-0.1, -0.05) is 34.1 Å². The van der Waals surface area contributed by atoms with Crippen LogP contribution < -0.4 is 5.32 Å². The summed E-state index contributed by atoms with van der Waals surface area (Å²) in [5.41, 5.74) is 0. The molecule has 1 rings (SSSR count). The summed E-state index contributed by atoms with van der Waals surface area (Å²) in [5.74, 6) is 0. The first-order valence-corrected chi connectivity index (χ1v) is 8.26. The largest absolute Gasteiger partial charge is 0.313 e. The van der Waals surface area contributed by atoms with Gasteiger partial charge in [-0.25, -0.2) is 0 Å². The lowest BCUT2D eigenvalue weighted by Crippen LogP contribution is -2.50. The average Bonchev–Trinajstić information content (AvgIpc) is 2.42. The van der Waals surface area contributed by atoms with Crippen molar-refractivity contribution in [2.24, 2.45) is 0 Å². The average molecular weight is 269 g/mol. The first kappa shape index (κ1) is 16.9. The molecule has 19 heavy (non-hydrogen) atoms. The van der Waals surface area contributed by atoms with Crippen LogP contribution in [0.25, 0.3) is 0 Å². The summed E-state index contributed by atoms with van der Waals surface area (Å²) in [4.78, 5) is 5.23. The van der Waals surface area contributed by atoms with E-state index in [1.807, 2.05) is 0 Å². The zero-order valence-electron chi connectivity index (χ0n) is 13.8. The summed E-state index contributed by atoms with van der Waals surface area (Å²) in [7, 11) is 2.34. The maximum atomic E-state index is 3.62. The van der Waals surface area contributed by atoms with E-state index in [1.165, 1.54) is 45.3 Å². The summed E-state index contributed by atoms with van der Waals surface area (Å²) in [5, 5.41) is 3.62. The molecule has 0 radical (unpaired) electrons.